The van der Waals surface area contributed by atoms with Crippen LogP contribution in [0, 0.1) is 5.82 Å². The monoisotopic (exact) mass is 300 g/mol. The number of benzene rings is 1. The minimum atomic E-state index is -1.11. The first-order chi connectivity index (χ1) is 9.22. The molecule has 0 saturated heterocycles. The normalized spacial score (nSPS) is 12.8. The van der Waals surface area contributed by atoms with Crippen LogP contribution in [0.4, 0.5) is 10.1 Å². The lowest BCUT2D eigenvalue weighted by atomic mass is 10.1. The highest BCUT2D eigenvalue weighted by molar-refractivity contribution is 8.01. The molecule has 0 spiro atoms. The van der Waals surface area contributed by atoms with Gasteiger partial charge in [0.2, 0.25) is 5.91 Å². The Morgan fingerprint density at radius 3 is 2.45 bits per heavy atom. The van der Waals surface area contributed by atoms with E-state index < -0.39 is 16.8 Å². The van der Waals surface area contributed by atoms with E-state index in [4.69, 9.17) is 10.8 Å². The van der Waals surface area contributed by atoms with E-state index in [0.29, 0.717) is 5.69 Å². The number of carbonyl (C=O) groups is 2. The van der Waals surface area contributed by atoms with Crippen molar-refractivity contribution in [1.82, 2.24) is 0 Å². The highest BCUT2D eigenvalue weighted by Crippen LogP contribution is 2.27. The summed E-state index contributed by atoms with van der Waals surface area (Å²) in [7, 11) is 0. The Morgan fingerprint density at radius 1 is 1.40 bits per heavy atom. The highest BCUT2D eigenvalue weighted by atomic mass is 32.2. The molecule has 0 unspecified atom stereocenters. The lowest BCUT2D eigenvalue weighted by molar-refractivity contribution is -0.139. The van der Waals surface area contributed by atoms with Crippen LogP contribution < -0.4 is 11.1 Å². The summed E-state index contributed by atoms with van der Waals surface area (Å²) >= 11 is 1.15. The number of amides is 1. The summed E-state index contributed by atoms with van der Waals surface area (Å²) in [5, 5.41) is 11.5. The zero-order valence-electron chi connectivity index (χ0n) is 11.2. The summed E-state index contributed by atoms with van der Waals surface area (Å²) in [5.41, 5.74) is 6.04. The van der Waals surface area contributed by atoms with Crippen LogP contribution in [0.5, 0.6) is 0 Å². The molecular formula is C13H17FN2O3S. The fraction of sp³-hybridized carbons (Fsp3) is 0.385. The maximum atomic E-state index is 12.7. The molecule has 110 valence electrons. The quantitative estimate of drug-likeness (QED) is 0.743. The predicted molar refractivity (Wildman–Crippen MR) is 77.2 cm³/mol. The third kappa shape index (κ3) is 4.82. The summed E-state index contributed by atoms with van der Waals surface area (Å²) in [6.07, 6.45) is 0. The van der Waals surface area contributed by atoms with Gasteiger partial charge in [-0.25, -0.2) is 4.39 Å². The molecule has 0 aromatic heterocycles. The molecule has 1 rings (SSSR count). The van der Waals surface area contributed by atoms with E-state index in [-0.39, 0.29) is 17.5 Å². The van der Waals surface area contributed by atoms with Crippen molar-refractivity contribution in [2.75, 3.05) is 11.1 Å². The zero-order chi connectivity index (χ0) is 15.3. The SMILES string of the molecule is CC(C)(SCC(=O)Nc1ccc(F)cc1)[C@@H](N)C(=O)O. The molecule has 1 amide bonds. The minimum absolute atomic E-state index is 0.0609. The van der Waals surface area contributed by atoms with Gasteiger partial charge in [0.25, 0.3) is 0 Å². The summed E-state index contributed by atoms with van der Waals surface area (Å²) < 4.78 is 11.9. The average molecular weight is 300 g/mol. The Bertz CT molecular complexity index is 491. The molecule has 4 N–H and O–H groups in total. The number of aliphatic carboxylic acids is 1. The fourth-order valence-electron chi connectivity index (χ4n) is 1.37. The van der Waals surface area contributed by atoms with Gasteiger partial charge in [-0.05, 0) is 38.1 Å². The molecule has 5 nitrogen and oxygen atoms in total. The molecule has 0 saturated carbocycles. The molecule has 7 heteroatoms. The van der Waals surface area contributed by atoms with E-state index in [2.05, 4.69) is 5.32 Å². The lowest BCUT2D eigenvalue weighted by Gasteiger charge is -2.27. The topological polar surface area (TPSA) is 92.4 Å². The predicted octanol–water partition coefficient (Wildman–Crippen LogP) is 1.69. The van der Waals surface area contributed by atoms with Crippen molar-refractivity contribution in [3.8, 4) is 0 Å². The Kier molecular flexibility index (Phi) is 5.52. The third-order valence-electron chi connectivity index (χ3n) is 2.72. The maximum Gasteiger partial charge on any atom is 0.321 e. The Labute approximate surface area is 120 Å². The van der Waals surface area contributed by atoms with E-state index in [1.54, 1.807) is 13.8 Å². The molecular weight excluding hydrogens is 283 g/mol. The number of rotatable bonds is 6. The first-order valence-electron chi connectivity index (χ1n) is 5.90. The van der Waals surface area contributed by atoms with Gasteiger partial charge < -0.3 is 16.2 Å². The first-order valence-corrected chi connectivity index (χ1v) is 6.88. The molecule has 0 aliphatic carbocycles. The van der Waals surface area contributed by atoms with E-state index in [1.807, 2.05) is 0 Å². The number of halogens is 1. The smallest absolute Gasteiger partial charge is 0.321 e. The Morgan fingerprint density at radius 2 is 1.95 bits per heavy atom. The van der Waals surface area contributed by atoms with E-state index >= 15 is 0 Å². The molecule has 1 atom stereocenters. The van der Waals surface area contributed by atoms with E-state index in [1.165, 1.54) is 24.3 Å². The number of nitrogens with one attached hydrogen (secondary N) is 1. The number of carboxylic acids is 1. The molecule has 0 heterocycles. The average Bonchev–Trinajstić information content (AvgIpc) is 2.38. The van der Waals surface area contributed by atoms with Crippen LogP contribution in [0.2, 0.25) is 0 Å². The van der Waals surface area contributed by atoms with Crippen LogP contribution in [0.3, 0.4) is 0 Å². The van der Waals surface area contributed by atoms with Gasteiger partial charge in [-0.1, -0.05) is 0 Å². The van der Waals surface area contributed by atoms with Crippen LogP contribution in [0.1, 0.15) is 13.8 Å². The first kappa shape index (κ1) is 16.5. The number of anilines is 1. The standard InChI is InChI=1S/C13H17FN2O3S/c1-13(2,11(15)12(18)19)20-7-10(17)16-9-5-3-8(14)4-6-9/h3-6,11H,7,15H2,1-2H3,(H,16,17)(H,18,19)/t11-/m0/s1. The number of nitrogens with two attached hydrogens (primary N) is 1. The van der Waals surface area contributed by atoms with Crippen LogP contribution in [-0.2, 0) is 9.59 Å². The Balaban J connectivity index is 2.51. The van der Waals surface area contributed by atoms with Crippen molar-refractivity contribution in [2.45, 2.75) is 24.6 Å². The zero-order valence-corrected chi connectivity index (χ0v) is 12.0. The highest BCUT2D eigenvalue weighted by Gasteiger charge is 2.33. The van der Waals surface area contributed by atoms with E-state index in [9.17, 15) is 14.0 Å². The van der Waals surface area contributed by atoms with Gasteiger partial charge in [0.1, 0.15) is 11.9 Å². The molecule has 0 radical (unpaired) electrons. The van der Waals surface area contributed by atoms with Gasteiger partial charge in [0, 0.05) is 10.4 Å². The van der Waals surface area contributed by atoms with Crippen molar-refractivity contribution >= 4 is 29.3 Å². The third-order valence-corrected chi connectivity index (χ3v) is 4.12. The summed E-state index contributed by atoms with van der Waals surface area (Å²) in [6.45, 7) is 3.34. The van der Waals surface area contributed by atoms with Crippen molar-refractivity contribution < 1.29 is 19.1 Å². The molecule has 20 heavy (non-hydrogen) atoms. The summed E-state index contributed by atoms with van der Waals surface area (Å²) in [6, 6.07) is 4.32. The second-order valence-electron chi connectivity index (χ2n) is 4.76. The maximum absolute atomic E-state index is 12.7. The Hall–Kier alpha value is -1.60. The van der Waals surface area contributed by atoms with Crippen LogP contribution in [-0.4, -0.2) is 33.5 Å². The lowest BCUT2D eigenvalue weighted by Crippen LogP contribution is -2.47. The number of hydrogen-bond acceptors (Lipinski definition) is 4. The van der Waals surface area contributed by atoms with Crippen molar-refractivity contribution in [2.24, 2.45) is 5.73 Å². The second kappa shape index (κ2) is 6.71. The number of hydrogen-bond donors (Lipinski definition) is 3. The largest absolute Gasteiger partial charge is 0.480 e. The number of carboxylic acid groups (broad SMARTS) is 1. The van der Waals surface area contributed by atoms with Gasteiger partial charge in [0.15, 0.2) is 0 Å². The molecule has 1 aromatic carbocycles. The molecule has 0 aliphatic rings. The van der Waals surface area contributed by atoms with Crippen molar-refractivity contribution in [3.05, 3.63) is 30.1 Å². The molecule has 0 bridgehead atoms. The molecule has 0 fully saturated rings. The van der Waals surface area contributed by atoms with Crippen molar-refractivity contribution in [1.29, 1.82) is 0 Å². The van der Waals surface area contributed by atoms with Gasteiger partial charge in [-0.15, -0.1) is 11.8 Å². The van der Waals surface area contributed by atoms with Crippen LogP contribution in [0.15, 0.2) is 24.3 Å². The minimum Gasteiger partial charge on any atom is -0.480 e. The number of carbonyl (C=O) groups excluding carboxylic acids is 1. The molecule has 0 aliphatic heterocycles. The summed E-state index contributed by atoms with van der Waals surface area (Å²) in [5.74, 6) is -1.73. The van der Waals surface area contributed by atoms with Gasteiger partial charge in [0.05, 0.1) is 5.75 Å². The van der Waals surface area contributed by atoms with Crippen LogP contribution >= 0.6 is 11.8 Å². The van der Waals surface area contributed by atoms with Crippen LogP contribution in [0.25, 0.3) is 0 Å². The van der Waals surface area contributed by atoms with Gasteiger partial charge in [-0.2, -0.15) is 0 Å². The van der Waals surface area contributed by atoms with Crippen molar-refractivity contribution in [3.63, 3.8) is 0 Å². The van der Waals surface area contributed by atoms with Gasteiger partial charge >= 0.3 is 5.97 Å². The molecule has 1 aromatic rings. The second-order valence-corrected chi connectivity index (χ2v) is 6.39. The van der Waals surface area contributed by atoms with E-state index in [0.717, 1.165) is 11.8 Å². The fourth-order valence-corrected chi connectivity index (χ4v) is 2.22. The van der Waals surface area contributed by atoms with Gasteiger partial charge in [-0.3, -0.25) is 9.59 Å². The summed E-state index contributed by atoms with van der Waals surface area (Å²) in [4.78, 5) is 22.6. The number of thioether (sulfide) groups is 1.